The van der Waals surface area contributed by atoms with Gasteiger partial charge < -0.3 is 20.5 Å². The number of carbonyl (C=O) groups is 2. The van der Waals surface area contributed by atoms with Gasteiger partial charge in [0.15, 0.2) is 0 Å². The molecule has 1 saturated heterocycles. The third-order valence-electron chi connectivity index (χ3n) is 6.15. The molecule has 3 N–H and O–H groups in total. The number of fused-ring (bicyclic) bond motifs is 3. The summed E-state index contributed by atoms with van der Waals surface area (Å²) in [5.74, 6) is -0.701. The van der Waals surface area contributed by atoms with Crippen LogP contribution in [0, 0.1) is 5.92 Å². The first kappa shape index (κ1) is 19.5. The van der Waals surface area contributed by atoms with Crippen molar-refractivity contribution in [2.75, 3.05) is 19.7 Å². The van der Waals surface area contributed by atoms with Gasteiger partial charge in [-0.3, -0.25) is 4.79 Å². The summed E-state index contributed by atoms with van der Waals surface area (Å²) in [4.78, 5) is 25.2. The highest BCUT2D eigenvalue weighted by molar-refractivity contribution is 5.79. The minimum absolute atomic E-state index is 0.0321. The normalized spacial score (nSPS) is 17.5. The second-order valence-corrected chi connectivity index (χ2v) is 7.89. The summed E-state index contributed by atoms with van der Waals surface area (Å²) in [5, 5.41) is 8.90. The fourth-order valence-corrected chi connectivity index (χ4v) is 4.56. The van der Waals surface area contributed by atoms with Crippen LogP contribution in [0.5, 0.6) is 0 Å². The van der Waals surface area contributed by atoms with Gasteiger partial charge in [-0.15, -0.1) is 0 Å². The van der Waals surface area contributed by atoms with E-state index in [4.69, 9.17) is 15.6 Å². The lowest BCUT2D eigenvalue weighted by molar-refractivity contribution is -0.137. The number of aliphatic carboxylic acids is 1. The van der Waals surface area contributed by atoms with E-state index in [1.807, 2.05) is 24.3 Å². The number of hydrogen-bond donors (Lipinski definition) is 2. The molecule has 1 fully saturated rings. The maximum Gasteiger partial charge on any atom is 0.409 e. The molecule has 2 aromatic carbocycles. The van der Waals surface area contributed by atoms with Crippen LogP contribution in [-0.2, 0) is 9.53 Å². The molecule has 6 heteroatoms. The van der Waals surface area contributed by atoms with Gasteiger partial charge in [-0.1, -0.05) is 48.5 Å². The molecule has 0 bridgehead atoms. The van der Waals surface area contributed by atoms with Crippen LogP contribution in [0.1, 0.15) is 36.3 Å². The fourth-order valence-electron chi connectivity index (χ4n) is 4.56. The van der Waals surface area contributed by atoms with Crippen LogP contribution in [0.3, 0.4) is 0 Å². The third kappa shape index (κ3) is 3.98. The van der Waals surface area contributed by atoms with Crippen LogP contribution in [-0.4, -0.2) is 47.8 Å². The van der Waals surface area contributed by atoms with E-state index >= 15 is 0 Å². The molecule has 1 heterocycles. The summed E-state index contributed by atoms with van der Waals surface area (Å²) < 4.78 is 5.70. The van der Waals surface area contributed by atoms with Gasteiger partial charge in [0, 0.05) is 25.0 Å². The standard InChI is InChI=1S/C23H26N2O4/c24-21(13-22(26)27)15-9-11-25(12-10-15)23(28)29-14-20-18-7-3-1-5-16(18)17-6-2-4-8-19(17)20/h1-8,15,20-21H,9-14,24H2,(H,26,27). The van der Waals surface area contributed by atoms with Crippen molar-refractivity contribution >= 4 is 12.1 Å². The molecule has 6 nitrogen and oxygen atoms in total. The highest BCUT2D eigenvalue weighted by Gasteiger charge is 2.31. The molecular formula is C23H26N2O4. The number of carboxylic acid groups (broad SMARTS) is 1. The average Bonchev–Trinajstić information content (AvgIpc) is 3.05. The lowest BCUT2D eigenvalue weighted by Gasteiger charge is -2.34. The smallest absolute Gasteiger partial charge is 0.409 e. The number of carbonyl (C=O) groups excluding carboxylic acids is 1. The van der Waals surface area contributed by atoms with E-state index in [9.17, 15) is 9.59 Å². The van der Waals surface area contributed by atoms with Crippen LogP contribution in [0.15, 0.2) is 48.5 Å². The highest BCUT2D eigenvalue weighted by atomic mass is 16.6. The number of benzene rings is 2. The van der Waals surface area contributed by atoms with Crippen molar-refractivity contribution in [3.05, 3.63) is 59.7 Å². The van der Waals surface area contributed by atoms with Gasteiger partial charge in [0.05, 0.1) is 6.42 Å². The van der Waals surface area contributed by atoms with Crippen molar-refractivity contribution in [2.45, 2.75) is 31.2 Å². The molecule has 0 saturated carbocycles. The van der Waals surface area contributed by atoms with E-state index < -0.39 is 5.97 Å². The van der Waals surface area contributed by atoms with Crippen molar-refractivity contribution in [2.24, 2.45) is 11.7 Å². The summed E-state index contributed by atoms with van der Waals surface area (Å²) in [6.45, 7) is 1.41. The van der Waals surface area contributed by atoms with Crippen molar-refractivity contribution in [3.63, 3.8) is 0 Å². The second-order valence-electron chi connectivity index (χ2n) is 7.89. The molecule has 1 atom stereocenters. The number of likely N-dealkylation sites (tertiary alicyclic amines) is 1. The van der Waals surface area contributed by atoms with Crippen LogP contribution in [0.4, 0.5) is 4.79 Å². The Balaban J connectivity index is 1.36. The molecule has 1 unspecified atom stereocenters. The molecular weight excluding hydrogens is 368 g/mol. The maximum absolute atomic E-state index is 12.6. The first-order valence-electron chi connectivity index (χ1n) is 10.1. The Labute approximate surface area is 170 Å². The van der Waals surface area contributed by atoms with E-state index in [1.165, 1.54) is 22.3 Å². The van der Waals surface area contributed by atoms with Gasteiger partial charge in [0.1, 0.15) is 6.61 Å². The Bertz CT molecular complexity index is 860. The number of ether oxygens (including phenoxy) is 1. The first-order chi connectivity index (χ1) is 14.0. The van der Waals surface area contributed by atoms with Gasteiger partial charge in [-0.05, 0) is 41.0 Å². The van der Waals surface area contributed by atoms with Gasteiger partial charge >= 0.3 is 12.1 Å². The Morgan fingerprint density at radius 2 is 1.59 bits per heavy atom. The molecule has 29 heavy (non-hydrogen) atoms. The van der Waals surface area contributed by atoms with Gasteiger partial charge in [0.25, 0.3) is 0 Å². The van der Waals surface area contributed by atoms with Crippen molar-refractivity contribution in [1.82, 2.24) is 4.90 Å². The van der Waals surface area contributed by atoms with E-state index in [0.29, 0.717) is 32.5 Å². The van der Waals surface area contributed by atoms with Gasteiger partial charge in [-0.2, -0.15) is 0 Å². The lowest BCUT2D eigenvalue weighted by Crippen LogP contribution is -2.44. The van der Waals surface area contributed by atoms with E-state index in [1.54, 1.807) is 4.90 Å². The summed E-state index contributed by atoms with van der Waals surface area (Å²) in [5.41, 5.74) is 10.8. The fraction of sp³-hybridized carbons (Fsp3) is 0.391. The molecule has 0 spiro atoms. The molecule has 2 aliphatic rings. The highest BCUT2D eigenvalue weighted by Crippen LogP contribution is 2.44. The zero-order valence-corrected chi connectivity index (χ0v) is 16.3. The van der Waals surface area contributed by atoms with Crippen LogP contribution >= 0.6 is 0 Å². The number of amides is 1. The van der Waals surface area contributed by atoms with Crippen LogP contribution in [0.2, 0.25) is 0 Å². The molecule has 2 aromatic rings. The number of carboxylic acids is 1. The molecule has 152 valence electrons. The Hall–Kier alpha value is -2.86. The summed E-state index contributed by atoms with van der Waals surface area (Å²) in [6.07, 6.45) is 1.07. The summed E-state index contributed by atoms with van der Waals surface area (Å²) in [7, 11) is 0. The number of rotatable bonds is 5. The Kier molecular flexibility index (Phi) is 5.53. The SMILES string of the molecule is NC(CC(=O)O)C1CCN(C(=O)OCC2c3ccccc3-c3ccccc32)CC1. The van der Waals surface area contributed by atoms with Crippen molar-refractivity contribution in [3.8, 4) is 11.1 Å². The maximum atomic E-state index is 12.6. The number of nitrogens with zero attached hydrogens (tertiary/aromatic N) is 1. The lowest BCUT2D eigenvalue weighted by atomic mass is 9.88. The minimum atomic E-state index is -0.878. The quantitative estimate of drug-likeness (QED) is 0.810. The Morgan fingerprint density at radius 3 is 2.14 bits per heavy atom. The predicted molar refractivity (Wildman–Crippen MR) is 110 cm³/mol. The third-order valence-corrected chi connectivity index (χ3v) is 6.15. The predicted octanol–water partition coefficient (Wildman–Crippen LogP) is 3.45. The van der Waals surface area contributed by atoms with E-state index in [2.05, 4.69) is 24.3 Å². The Morgan fingerprint density at radius 1 is 1.03 bits per heavy atom. The average molecular weight is 394 g/mol. The molecule has 1 aliphatic carbocycles. The van der Waals surface area contributed by atoms with Crippen LogP contribution in [0.25, 0.3) is 11.1 Å². The molecule has 1 amide bonds. The zero-order chi connectivity index (χ0) is 20.4. The van der Waals surface area contributed by atoms with E-state index in [-0.39, 0.29) is 30.4 Å². The van der Waals surface area contributed by atoms with Crippen LogP contribution < -0.4 is 5.73 Å². The topological polar surface area (TPSA) is 92.9 Å². The molecule has 1 aliphatic heterocycles. The molecule has 0 aromatic heterocycles. The largest absolute Gasteiger partial charge is 0.481 e. The molecule has 0 radical (unpaired) electrons. The summed E-state index contributed by atoms with van der Waals surface area (Å²) >= 11 is 0. The second kappa shape index (κ2) is 8.25. The van der Waals surface area contributed by atoms with Crippen molar-refractivity contribution < 1.29 is 19.4 Å². The monoisotopic (exact) mass is 394 g/mol. The first-order valence-corrected chi connectivity index (χ1v) is 10.1. The van der Waals surface area contributed by atoms with Crippen molar-refractivity contribution in [1.29, 1.82) is 0 Å². The van der Waals surface area contributed by atoms with E-state index in [0.717, 1.165) is 0 Å². The van der Waals surface area contributed by atoms with Gasteiger partial charge in [-0.25, -0.2) is 4.79 Å². The van der Waals surface area contributed by atoms with Gasteiger partial charge in [0.2, 0.25) is 0 Å². The number of hydrogen-bond acceptors (Lipinski definition) is 4. The molecule has 4 rings (SSSR count). The zero-order valence-electron chi connectivity index (χ0n) is 16.3. The number of nitrogens with two attached hydrogens (primary N) is 1. The number of piperidine rings is 1. The minimum Gasteiger partial charge on any atom is -0.481 e. The summed E-state index contributed by atoms with van der Waals surface area (Å²) in [6, 6.07) is 16.2.